The zero-order chi connectivity index (χ0) is 22.5. The minimum absolute atomic E-state index is 0.246. The highest BCUT2D eigenvalue weighted by molar-refractivity contribution is 6.21. The predicted molar refractivity (Wildman–Crippen MR) is 123 cm³/mol. The van der Waals surface area contributed by atoms with Crippen LogP contribution < -0.4 is 0 Å². The number of carbonyl (C=O) groups excluding carboxylic acids is 2. The first-order valence-electron chi connectivity index (χ1n) is 11.0. The van der Waals surface area contributed by atoms with E-state index in [1.165, 1.54) is 11.1 Å². The van der Waals surface area contributed by atoms with Gasteiger partial charge in [-0.3, -0.25) is 14.5 Å². The van der Waals surface area contributed by atoms with Gasteiger partial charge >= 0.3 is 0 Å². The van der Waals surface area contributed by atoms with Crippen LogP contribution in [0.4, 0.5) is 0 Å². The number of nitrogens with zero attached hydrogens (tertiary/aromatic N) is 1. The van der Waals surface area contributed by atoms with Crippen molar-refractivity contribution >= 4 is 17.9 Å². The van der Waals surface area contributed by atoms with Crippen LogP contribution in [0.5, 0.6) is 0 Å². The van der Waals surface area contributed by atoms with Gasteiger partial charge in [0.05, 0.1) is 17.2 Å². The van der Waals surface area contributed by atoms with Crippen LogP contribution in [0.15, 0.2) is 91.0 Å². The van der Waals surface area contributed by atoms with Gasteiger partial charge in [0.15, 0.2) is 0 Å². The van der Waals surface area contributed by atoms with Gasteiger partial charge in [-0.05, 0) is 34.4 Å². The molecule has 4 aliphatic rings. The van der Waals surface area contributed by atoms with Crippen LogP contribution in [-0.4, -0.2) is 27.9 Å². The van der Waals surface area contributed by atoms with Gasteiger partial charge < -0.3 is 9.84 Å². The highest BCUT2D eigenvalue weighted by Crippen LogP contribution is 2.45. The Morgan fingerprint density at radius 1 is 0.667 bits per heavy atom. The largest absolute Gasteiger partial charge is 0.386 e. The fourth-order valence-electron chi connectivity index (χ4n) is 4.96. The second kappa shape index (κ2) is 7.66. The van der Waals surface area contributed by atoms with Gasteiger partial charge in [-0.15, -0.1) is 0 Å². The molecule has 1 aliphatic carbocycles. The standard InChI is InChI=1S/C18H13NO3.C10H8O/c20-16-12-6-2-1-5-11(12)9-10-15(16)19-17(21)13-7-3-4-8-14(13)18(19)22;1-2-4-8-7(3-1)9-5-6-10(8)11-9/h1-10,15-16,20H;1-6,9-10H/t15-,16-;/m1./s1. The third kappa shape index (κ3) is 3.09. The lowest BCUT2D eigenvalue weighted by atomic mass is 9.90. The number of aliphatic hydroxyl groups is 1. The molecule has 2 amide bonds. The minimum atomic E-state index is -0.914. The number of amides is 2. The SMILES string of the molecule is C1=CC2OC1c1ccccc12.O=C1c2ccccc2C(=O)N1[C@@H]1C=Cc2ccccc2[C@H]1O. The number of hydrogen-bond donors (Lipinski definition) is 1. The topological polar surface area (TPSA) is 66.8 Å². The van der Waals surface area contributed by atoms with E-state index in [1.807, 2.05) is 30.3 Å². The van der Waals surface area contributed by atoms with Crippen molar-refractivity contribution in [2.45, 2.75) is 24.4 Å². The Labute approximate surface area is 191 Å². The first kappa shape index (κ1) is 19.9. The number of benzene rings is 3. The van der Waals surface area contributed by atoms with Crippen LogP contribution in [0.25, 0.3) is 6.08 Å². The number of aliphatic hydroxyl groups excluding tert-OH is 1. The summed E-state index contributed by atoms with van der Waals surface area (Å²) in [6, 6.07) is 21.9. The van der Waals surface area contributed by atoms with E-state index >= 15 is 0 Å². The molecule has 0 saturated heterocycles. The predicted octanol–water partition coefficient (Wildman–Crippen LogP) is 4.78. The molecule has 4 atom stereocenters. The van der Waals surface area contributed by atoms with Gasteiger partial charge in [-0.1, -0.05) is 85.0 Å². The third-order valence-electron chi connectivity index (χ3n) is 6.60. The summed E-state index contributed by atoms with van der Waals surface area (Å²) in [4.78, 5) is 26.2. The van der Waals surface area contributed by atoms with Gasteiger partial charge in [0.25, 0.3) is 11.8 Å². The lowest BCUT2D eigenvalue weighted by Crippen LogP contribution is -2.43. The maximum Gasteiger partial charge on any atom is 0.262 e. The van der Waals surface area contributed by atoms with Gasteiger partial charge in [-0.25, -0.2) is 0 Å². The van der Waals surface area contributed by atoms with Crippen LogP contribution in [0.2, 0.25) is 0 Å². The number of ether oxygens (including phenoxy) is 1. The molecule has 2 bridgehead atoms. The summed E-state index contributed by atoms with van der Waals surface area (Å²) < 4.78 is 5.63. The molecule has 0 spiro atoms. The van der Waals surface area contributed by atoms with Crippen molar-refractivity contribution in [3.63, 3.8) is 0 Å². The summed E-state index contributed by atoms with van der Waals surface area (Å²) in [5.41, 5.74) is 5.12. The first-order chi connectivity index (χ1) is 16.1. The molecule has 5 nitrogen and oxygen atoms in total. The third-order valence-corrected chi connectivity index (χ3v) is 6.60. The van der Waals surface area contributed by atoms with E-state index in [-0.39, 0.29) is 24.0 Å². The van der Waals surface area contributed by atoms with Crippen LogP contribution in [-0.2, 0) is 4.74 Å². The fraction of sp³-hybridized carbons (Fsp3) is 0.143. The molecule has 7 rings (SSSR count). The summed E-state index contributed by atoms with van der Waals surface area (Å²) in [5.74, 6) is -0.706. The van der Waals surface area contributed by atoms with Crippen LogP contribution in [0, 0.1) is 0 Å². The first-order valence-corrected chi connectivity index (χ1v) is 11.0. The monoisotopic (exact) mass is 435 g/mol. The Hall–Kier alpha value is -3.80. The summed E-state index contributed by atoms with van der Waals surface area (Å²) >= 11 is 0. The Bertz CT molecular complexity index is 1270. The van der Waals surface area contributed by atoms with E-state index in [0.29, 0.717) is 11.1 Å². The summed E-state index contributed by atoms with van der Waals surface area (Å²) in [6.45, 7) is 0. The van der Waals surface area contributed by atoms with Crippen molar-refractivity contribution in [1.82, 2.24) is 4.90 Å². The second-order valence-electron chi connectivity index (χ2n) is 8.44. The van der Waals surface area contributed by atoms with E-state index in [2.05, 4.69) is 36.4 Å². The molecule has 2 unspecified atom stereocenters. The maximum absolute atomic E-state index is 12.5. The Morgan fingerprint density at radius 2 is 1.18 bits per heavy atom. The van der Waals surface area contributed by atoms with Gasteiger partial charge in [0.1, 0.15) is 18.3 Å². The molecule has 3 aliphatic heterocycles. The number of fused-ring (bicyclic) bond motifs is 7. The average molecular weight is 435 g/mol. The van der Waals surface area contributed by atoms with Crippen molar-refractivity contribution < 1.29 is 19.4 Å². The van der Waals surface area contributed by atoms with Crippen molar-refractivity contribution in [3.05, 3.63) is 124 Å². The highest BCUT2D eigenvalue weighted by atomic mass is 16.5. The molecule has 33 heavy (non-hydrogen) atoms. The van der Waals surface area contributed by atoms with E-state index < -0.39 is 12.1 Å². The summed E-state index contributed by atoms with van der Waals surface area (Å²) in [5, 5.41) is 10.6. The summed E-state index contributed by atoms with van der Waals surface area (Å²) in [7, 11) is 0. The Kier molecular flexibility index (Phi) is 4.61. The molecule has 3 aromatic rings. The van der Waals surface area contributed by atoms with Crippen molar-refractivity contribution in [2.75, 3.05) is 0 Å². The zero-order valence-electron chi connectivity index (χ0n) is 17.7. The van der Waals surface area contributed by atoms with Crippen LogP contribution in [0.3, 0.4) is 0 Å². The van der Waals surface area contributed by atoms with Crippen molar-refractivity contribution in [2.24, 2.45) is 0 Å². The quantitative estimate of drug-likeness (QED) is 0.441. The molecule has 3 heterocycles. The van der Waals surface area contributed by atoms with E-state index in [1.54, 1.807) is 30.3 Å². The molecular weight excluding hydrogens is 414 g/mol. The molecule has 0 radical (unpaired) electrons. The fourth-order valence-corrected chi connectivity index (χ4v) is 4.96. The van der Waals surface area contributed by atoms with Crippen LogP contribution >= 0.6 is 0 Å². The number of rotatable bonds is 1. The van der Waals surface area contributed by atoms with E-state index in [9.17, 15) is 14.7 Å². The molecule has 0 fully saturated rings. The van der Waals surface area contributed by atoms with Crippen molar-refractivity contribution in [3.8, 4) is 0 Å². The normalized spacial score (nSPS) is 25.4. The maximum atomic E-state index is 12.5. The molecule has 5 heteroatoms. The van der Waals surface area contributed by atoms with Gasteiger partial charge in [0, 0.05) is 0 Å². The van der Waals surface area contributed by atoms with Crippen LogP contribution in [0.1, 0.15) is 61.3 Å². The lowest BCUT2D eigenvalue weighted by Gasteiger charge is -2.31. The van der Waals surface area contributed by atoms with Gasteiger partial charge in [-0.2, -0.15) is 0 Å². The minimum Gasteiger partial charge on any atom is -0.386 e. The van der Waals surface area contributed by atoms with E-state index in [0.717, 1.165) is 16.0 Å². The van der Waals surface area contributed by atoms with Gasteiger partial charge in [0.2, 0.25) is 0 Å². The lowest BCUT2D eigenvalue weighted by molar-refractivity contribution is 0.0426. The average Bonchev–Trinajstić information content (AvgIpc) is 3.55. The van der Waals surface area contributed by atoms with E-state index in [4.69, 9.17) is 4.74 Å². The molecule has 0 aromatic heterocycles. The van der Waals surface area contributed by atoms with Crippen molar-refractivity contribution in [1.29, 1.82) is 0 Å². The highest BCUT2D eigenvalue weighted by Gasteiger charge is 2.42. The number of hydrogen-bond acceptors (Lipinski definition) is 4. The molecule has 1 N–H and O–H groups in total. The Balaban J connectivity index is 0.000000155. The smallest absolute Gasteiger partial charge is 0.262 e. The molecule has 3 aromatic carbocycles. The summed E-state index contributed by atoms with van der Waals surface area (Å²) in [6.07, 6.45) is 7.40. The number of imide groups is 1. The Morgan fingerprint density at radius 3 is 1.79 bits per heavy atom. The molecule has 162 valence electrons. The molecule has 0 saturated carbocycles. The zero-order valence-corrected chi connectivity index (χ0v) is 17.7. The number of carbonyl (C=O) groups is 2. The molecular formula is C28H21NO4. The second-order valence-corrected chi connectivity index (χ2v) is 8.44.